The van der Waals surface area contributed by atoms with Gasteiger partial charge >= 0.3 is 0 Å². The van der Waals surface area contributed by atoms with Crippen LogP contribution in [0.5, 0.6) is 0 Å². The van der Waals surface area contributed by atoms with E-state index in [1.807, 2.05) is 29.0 Å². The second-order valence-corrected chi connectivity index (χ2v) is 6.29. The van der Waals surface area contributed by atoms with Crippen LogP contribution in [0, 0.1) is 0 Å². The lowest BCUT2D eigenvalue weighted by Crippen LogP contribution is -2.46. The third-order valence-electron chi connectivity index (χ3n) is 3.93. The highest BCUT2D eigenvalue weighted by Crippen LogP contribution is 2.15. The first kappa shape index (κ1) is 15.6. The SMILES string of the molecule is O=c1c(N2CCNCC2)cc(CI)cn1Cc1ccccc1. The predicted octanol–water partition coefficient (Wildman–Crippen LogP) is 2.24. The van der Waals surface area contributed by atoms with Gasteiger partial charge in [-0.3, -0.25) is 4.79 Å². The molecule has 0 spiro atoms. The molecule has 0 atom stereocenters. The van der Waals surface area contributed by atoms with Crippen molar-refractivity contribution >= 4 is 28.3 Å². The molecular weight excluding hydrogens is 389 g/mol. The lowest BCUT2D eigenvalue weighted by atomic mass is 10.2. The van der Waals surface area contributed by atoms with Gasteiger partial charge < -0.3 is 14.8 Å². The largest absolute Gasteiger partial charge is 0.365 e. The molecule has 0 radical (unpaired) electrons. The predicted molar refractivity (Wildman–Crippen MR) is 99.1 cm³/mol. The van der Waals surface area contributed by atoms with Gasteiger partial charge in [0.05, 0.1) is 6.54 Å². The third kappa shape index (κ3) is 3.52. The average molecular weight is 409 g/mol. The summed E-state index contributed by atoms with van der Waals surface area (Å²) in [6.45, 7) is 4.29. The Kier molecular flexibility index (Phi) is 5.15. The Morgan fingerprint density at radius 3 is 2.50 bits per heavy atom. The van der Waals surface area contributed by atoms with Crippen molar-refractivity contribution in [3.05, 3.63) is 64.1 Å². The second kappa shape index (κ2) is 7.28. The number of aromatic nitrogens is 1. The Morgan fingerprint density at radius 2 is 1.82 bits per heavy atom. The molecular formula is C17H20IN3O. The van der Waals surface area contributed by atoms with Crippen LogP contribution in [0.1, 0.15) is 11.1 Å². The number of nitrogens with one attached hydrogen (secondary N) is 1. The summed E-state index contributed by atoms with van der Waals surface area (Å²) in [7, 11) is 0. The molecule has 116 valence electrons. The fourth-order valence-corrected chi connectivity index (χ4v) is 3.20. The zero-order valence-corrected chi connectivity index (χ0v) is 14.6. The lowest BCUT2D eigenvalue weighted by Gasteiger charge is -2.29. The van der Waals surface area contributed by atoms with Gasteiger partial charge in [-0.2, -0.15) is 0 Å². The highest BCUT2D eigenvalue weighted by molar-refractivity contribution is 14.1. The van der Waals surface area contributed by atoms with Gasteiger partial charge in [-0.1, -0.05) is 52.9 Å². The number of benzene rings is 1. The van der Waals surface area contributed by atoms with Crippen LogP contribution in [0.15, 0.2) is 47.4 Å². The Bertz CT molecular complexity index is 678. The molecule has 1 saturated heterocycles. The monoisotopic (exact) mass is 409 g/mol. The van der Waals surface area contributed by atoms with Crippen molar-refractivity contribution in [2.45, 2.75) is 11.0 Å². The molecule has 2 heterocycles. The molecule has 3 rings (SSSR count). The maximum atomic E-state index is 12.8. The summed E-state index contributed by atoms with van der Waals surface area (Å²) in [4.78, 5) is 15.0. The number of hydrogen-bond acceptors (Lipinski definition) is 3. The molecule has 4 nitrogen and oxygen atoms in total. The first-order valence-electron chi connectivity index (χ1n) is 7.57. The van der Waals surface area contributed by atoms with Crippen molar-refractivity contribution in [1.82, 2.24) is 9.88 Å². The first-order chi connectivity index (χ1) is 10.8. The smallest absolute Gasteiger partial charge is 0.274 e. The minimum absolute atomic E-state index is 0.111. The van der Waals surface area contributed by atoms with Crippen molar-refractivity contribution in [2.24, 2.45) is 0 Å². The number of hydrogen-bond donors (Lipinski definition) is 1. The van der Waals surface area contributed by atoms with Gasteiger partial charge in [0.1, 0.15) is 5.69 Å². The number of nitrogens with zero attached hydrogens (tertiary/aromatic N) is 2. The average Bonchev–Trinajstić information content (AvgIpc) is 2.58. The molecule has 1 aromatic heterocycles. The van der Waals surface area contributed by atoms with Crippen LogP contribution in [0.3, 0.4) is 0 Å². The Labute approximate surface area is 144 Å². The minimum Gasteiger partial charge on any atom is -0.365 e. The lowest BCUT2D eigenvalue weighted by molar-refractivity contribution is 0.584. The number of rotatable bonds is 4. The van der Waals surface area contributed by atoms with E-state index in [0.717, 1.165) is 41.9 Å². The fraction of sp³-hybridized carbons (Fsp3) is 0.353. The Morgan fingerprint density at radius 1 is 1.09 bits per heavy atom. The summed E-state index contributed by atoms with van der Waals surface area (Å²) in [5, 5.41) is 3.33. The molecule has 22 heavy (non-hydrogen) atoms. The Balaban J connectivity index is 1.97. The van der Waals surface area contributed by atoms with Crippen LogP contribution in [-0.2, 0) is 11.0 Å². The van der Waals surface area contributed by atoms with Gasteiger partial charge in [0.15, 0.2) is 0 Å². The number of halogens is 1. The van der Waals surface area contributed by atoms with Crippen LogP contribution < -0.4 is 15.8 Å². The van der Waals surface area contributed by atoms with E-state index in [0.29, 0.717) is 6.54 Å². The molecule has 0 bridgehead atoms. The number of alkyl halides is 1. The van der Waals surface area contributed by atoms with Gasteiger partial charge in [0, 0.05) is 36.8 Å². The third-order valence-corrected chi connectivity index (χ3v) is 4.81. The summed E-state index contributed by atoms with van der Waals surface area (Å²) >= 11 is 2.35. The molecule has 1 fully saturated rings. The zero-order chi connectivity index (χ0) is 15.4. The van der Waals surface area contributed by atoms with E-state index >= 15 is 0 Å². The van der Waals surface area contributed by atoms with E-state index in [4.69, 9.17) is 0 Å². The molecule has 1 aliphatic heterocycles. The van der Waals surface area contributed by atoms with E-state index in [1.54, 1.807) is 0 Å². The van der Waals surface area contributed by atoms with E-state index < -0.39 is 0 Å². The second-order valence-electron chi connectivity index (χ2n) is 5.52. The standard InChI is InChI=1S/C17H20IN3O/c18-11-15-10-16(20-8-6-19-7-9-20)17(22)21(13-15)12-14-4-2-1-3-5-14/h1-5,10,13,19H,6-9,11-12H2. The molecule has 0 saturated carbocycles. The van der Waals surface area contributed by atoms with Gasteiger partial charge in [-0.05, 0) is 17.2 Å². The molecule has 1 aromatic carbocycles. The summed E-state index contributed by atoms with van der Waals surface area (Å²) in [6, 6.07) is 12.2. The highest BCUT2D eigenvalue weighted by atomic mass is 127. The van der Waals surface area contributed by atoms with Crippen molar-refractivity contribution in [3.8, 4) is 0 Å². The first-order valence-corrected chi connectivity index (χ1v) is 9.09. The molecule has 1 N–H and O–H groups in total. The van der Waals surface area contributed by atoms with Crippen molar-refractivity contribution in [2.75, 3.05) is 31.1 Å². The van der Waals surface area contributed by atoms with E-state index in [2.05, 4.69) is 51.0 Å². The van der Waals surface area contributed by atoms with Gasteiger partial charge in [-0.25, -0.2) is 0 Å². The van der Waals surface area contributed by atoms with Gasteiger partial charge in [-0.15, -0.1) is 0 Å². The molecule has 1 aliphatic rings. The summed E-state index contributed by atoms with van der Waals surface area (Å²) in [6.07, 6.45) is 1.99. The maximum absolute atomic E-state index is 12.8. The van der Waals surface area contributed by atoms with Crippen LogP contribution in [0.25, 0.3) is 0 Å². The van der Waals surface area contributed by atoms with Crippen molar-refractivity contribution < 1.29 is 0 Å². The fourth-order valence-electron chi connectivity index (χ4n) is 2.78. The maximum Gasteiger partial charge on any atom is 0.274 e. The van der Waals surface area contributed by atoms with E-state index in [1.165, 1.54) is 5.56 Å². The van der Waals surface area contributed by atoms with Gasteiger partial charge in [0.25, 0.3) is 5.56 Å². The van der Waals surface area contributed by atoms with Crippen LogP contribution in [-0.4, -0.2) is 30.7 Å². The summed E-state index contributed by atoms with van der Waals surface area (Å²) in [5.74, 6) is 0. The molecule has 0 unspecified atom stereocenters. The molecule has 2 aromatic rings. The van der Waals surface area contributed by atoms with Crippen LogP contribution >= 0.6 is 22.6 Å². The van der Waals surface area contributed by atoms with Crippen molar-refractivity contribution in [1.29, 1.82) is 0 Å². The Hall–Kier alpha value is -1.34. The van der Waals surface area contributed by atoms with E-state index in [9.17, 15) is 4.79 Å². The zero-order valence-electron chi connectivity index (χ0n) is 12.5. The van der Waals surface area contributed by atoms with Crippen LogP contribution in [0.4, 0.5) is 5.69 Å². The summed E-state index contributed by atoms with van der Waals surface area (Å²) in [5.41, 5.74) is 3.30. The van der Waals surface area contributed by atoms with Crippen molar-refractivity contribution in [3.63, 3.8) is 0 Å². The van der Waals surface area contributed by atoms with Gasteiger partial charge in [0.2, 0.25) is 0 Å². The highest BCUT2D eigenvalue weighted by Gasteiger charge is 2.16. The number of piperazine rings is 1. The topological polar surface area (TPSA) is 37.3 Å². The number of anilines is 1. The summed E-state index contributed by atoms with van der Waals surface area (Å²) < 4.78 is 2.76. The molecule has 0 aliphatic carbocycles. The number of pyridine rings is 1. The molecule has 5 heteroatoms. The van der Waals surface area contributed by atoms with E-state index in [-0.39, 0.29) is 5.56 Å². The normalized spacial score (nSPS) is 15.0. The quantitative estimate of drug-likeness (QED) is 0.622. The van der Waals surface area contributed by atoms with Crippen LogP contribution in [0.2, 0.25) is 0 Å². The minimum atomic E-state index is 0.111. The molecule has 0 amide bonds.